The van der Waals surface area contributed by atoms with E-state index >= 15 is 0 Å². The number of hydrogen-bond donors (Lipinski definition) is 1. The highest BCUT2D eigenvalue weighted by molar-refractivity contribution is 5.19. The first kappa shape index (κ1) is 13.6. The molecule has 1 heterocycles. The molecule has 1 aliphatic carbocycles. The SMILES string of the molecule is CCC1CCc2nc(CC(C)C(C)(C)C)[nH]c2C1. The molecule has 102 valence electrons. The van der Waals surface area contributed by atoms with Crippen LogP contribution in [-0.2, 0) is 19.3 Å². The summed E-state index contributed by atoms with van der Waals surface area (Å²) in [7, 11) is 0. The Morgan fingerprint density at radius 2 is 2.11 bits per heavy atom. The molecule has 1 N–H and O–H groups in total. The molecule has 1 aromatic heterocycles. The third kappa shape index (κ3) is 2.96. The molecule has 0 spiro atoms. The highest BCUT2D eigenvalue weighted by Crippen LogP contribution is 2.30. The fraction of sp³-hybridized carbons (Fsp3) is 0.812. The summed E-state index contributed by atoms with van der Waals surface area (Å²) in [5.74, 6) is 2.73. The summed E-state index contributed by atoms with van der Waals surface area (Å²) in [6.45, 7) is 11.6. The second-order valence-electron chi connectivity index (χ2n) is 7.10. The second-order valence-corrected chi connectivity index (χ2v) is 7.10. The van der Waals surface area contributed by atoms with Crippen LogP contribution in [0.2, 0.25) is 0 Å². The topological polar surface area (TPSA) is 28.7 Å². The molecule has 2 nitrogen and oxygen atoms in total. The molecule has 1 aliphatic rings. The minimum atomic E-state index is 0.360. The van der Waals surface area contributed by atoms with E-state index in [0.29, 0.717) is 11.3 Å². The molecule has 18 heavy (non-hydrogen) atoms. The van der Waals surface area contributed by atoms with E-state index in [9.17, 15) is 0 Å². The van der Waals surface area contributed by atoms with Gasteiger partial charge in [-0.3, -0.25) is 0 Å². The number of H-pyrrole nitrogens is 1. The Morgan fingerprint density at radius 3 is 2.72 bits per heavy atom. The second kappa shape index (κ2) is 5.07. The van der Waals surface area contributed by atoms with Crippen molar-refractivity contribution < 1.29 is 0 Å². The monoisotopic (exact) mass is 248 g/mol. The van der Waals surface area contributed by atoms with Gasteiger partial charge in [-0.2, -0.15) is 0 Å². The van der Waals surface area contributed by atoms with E-state index in [1.807, 2.05) is 0 Å². The van der Waals surface area contributed by atoms with Crippen LogP contribution >= 0.6 is 0 Å². The number of aromatic nitrogens is 2. The Kier molecular flexibility index (Phi) is 3.84. The van der Waals surface area contributed by atoms with Gasteiger partial charge in [0, 0.05) is 12.1 Å². The molecular formula is C16H28N2. The van der Waals surface area contributed by atoms with Gasteiger partial charge in [-0.15, -0.1) is 0 Å². The van der Waals surface area contributed by atoms with E-state index in [1.165, 1.54) is 42.9 Å². The van der Waals surface area contributed by atoms with E-state index in [-0.39, 0.29) is 0 Å². The predicted molar refractivity (Wildman–Crippen MR) is 76.7 cm³/mol. The van der Waals surface area contributed by atoms with E-state index < -0.39 is 0 Å². The van der Waals surface area contributed by atoms with E-state index in [2.05, 4.69) is 39.6 Å². The van der Waals surface area contributed by atoms with Crippen molar-refractivity contribution in [1.82, 2.24) is 9.97 Å². The molecule has 2 rings (SSSR count). The molecular weight excluding hydrogens is 220 g/mol. The highest BCUT2D eigenvalue weighted by Gasteiger charge is 2.24. The summed E-state index contributed by atoms with van der Waals surface area (Å²) in [5, 5.41) is 0. The van der Waals surface area contributed by atoms with Crippen LogP contribution in [0.15, 0.2) is 0 Å². The average Bonchev–Trinajstić information content (AvgIpc) is 2.68. The molecule has 0 saturated carbocycles. The van der Waals surface area contributed by atoms with Crippen molar-refractivity contribution in [1.29, 1.82) is 0 Å². The van der Waals surface area contributed by atoms with Crippen LogP contribution in [-0.4, -0.2) is 9.97 Å². The highest BCUT2D eigenvalue weighted by atomic mass is 14.9. The largest absolute Gasteiger partial charge is 0.346 e. The van der Waals surface area contributed by atoms with Crippen LogP contribution in [0.1, 0.15) is 64.7 Å². The molecule has 0 radical (unpaired) electrons. The third-order valence-electron chi connectivity index (χ3n) is 4.75. The molecule has 0 aromatic carbocycles. The van der Waals surface area contributed by atoms with Gasteiger partial charge in [-0.1, -0.05) is 41.0 Å². The van der Waals surface area contributed by atoms with Crippen molar-refractivity contribution in [2.75, 3.05) is 0 Å². The van der Waals surface area contributed by atoms with E-state index in [4.69, 9.17) is 4.98 Å². The predicted octanol–water partition coefficient (Wildman–Crippen LogP) is 4.15. The number of aryl methyl sites for hydroxylation is 1. The summed E-state index contributed by atoms with van der Waals surface area (Å²) < 4.78 is 0. The van der Waals surface area contributed by atoms with Crippen molar-refractivity contribution in [2.24, 2.45) is 17.3 Å². The zero-order valence-electron chi connectivity index (χ0n) is 12.6. The molecule has 2 atom stereocenters. The van der Waals surface area contributed by atoms with Crippen molar-refractivity contribution in [2.45, 2.75) is 66.7 Å². The van der Waals surface area contributed by atoms with Crippen molar-refractivity contribution in [3.05, 3.63) is 17.2 Å². The van der Waals surface area contributed by atoms with Gasteiger partial charge in [0.05, 0.1) is 5.69 Å². The smallest absolute Gasteiger partial charge is 0.106 e. The Balaban J connectivity index is 2.07. The maximum atomic E-state index is 4.82. The van der Waals surface area contributed by atoms with Gasteiger partial charge in [0.1, 0.15) is 5.82 Å². The molecule has 0 bridgehead atoms. The molecule has 0 saturated heterocycles. The lowest BCUT2D eigenvalue weighted by Crippen LogP contribution is -2.20. The number of rotatable bonds is 3. The fourth-order valence-corrected chi connectivity index (χ4v) is 2.65. The minimum absolute atomic E-state index is 0.360. The molecule has 0 amide bonds. The normalized spacial score (nSPS) is 21.7. The van der Waals surface area contributed by atoms with Crippen molar-refractivity contribution in [3.8, 4) is 0 Å². The zero-order valence-corrected chi connectivity index (χ0v) is 12.6. The van der Waals surface area contributed by atoms with Gasteiger partial charge in [-0.25, -0.2) is 4.98 Å². The third-order valence-corrected chi connectivity index (χ3v) is 4.75. The maximum absolute atomic E-state index is 4.82. The standard InChI is InChI=1S/C16H28N2/c1-6-12-7-8-13-14(10-12)18-15(17-13)9-11(2)16(3,4)5/h11-12H,6-10H2,1-5H3,(H,17,18). The van der Waals surface area contributed by atoms with Crippen LogP contribution in [0.25, 0.3) is 0 Å². The zero-order chi connectivity index (χ0) is 13.3. The van der Waals surface area contributed by atoms with Gasteiger partial charge in [-0.05, 0) is 36.5 Å². The van der Waals surface area contributed by atoms with Crippen LogP contribution in [0.3, 0.4) is 0 Å². The molecule has 2 heteroatoms. The fourth-order valence-electron chi connectivity index (χ4n) is 2.65. The average molecular weight is 248 g/mol. The van der Waals surface area contributed by atoms with Crippen LogP contribution in [0.4, 0.5) is 0 Å². The summed E-state index contributed by atoms with van der Waals surface area (Å²) >= 11 is 0. The first-order valence-electron chi connectivity index (χ1n) is 7.46. The van der Waals surface area contributed by atoms with Gasteiger partial charge in [0.25, 0.3) is 0 Å². The van der Waals surface area contributed by atoms with Crippen LogP contribution < -0.4 is 0 Å². The summed E-state index contributed by atoms with van der Waals surface area (Å²) in [5.41, 5.74) is 3.12. The minimum Gasteiger partial charge on any atom is -0.346 e. The van der Waals surface area contributed by atoms with E-state index in [1.54, 1.807) is 0 Å². The molecule has 2 unspecified atom stereocenters. The Hall–Kier alpha value is -0.790. The van der Waals surface area contributed by atoms with Crippen molar-refractivity contribution in [3.63, 3.8) is 0 Å². The van der Waals surface area contributed by atoms with Gasteiger partial charge < -0.3 is 4.98 Å². The number of nitrogens with zero attached hydrogens (tertiary/aromatic N) is 1. The van der Waals surface area contributed by atoms with E-state index in [0.717, 1.165) is 12.3 Å². The number of hydrogen-bond acceptors (Lipinski definition) is 1. The number of nitrogens with one attached hydrogen (secondary N) is 1. The van der Waals surface area contributed by atoms with Crippen LogP contribution in [0, 0.1) is 17.3 Å². The number of fused-ring (bicyclic) bond motifs is 1. The first-order valence-corrected chi connectivity index (χ1v) is 7.46. The maximum Gasteiger partial charge on any atom is 0.106 e. The summed E-state index contributed by atoms with van der Waals surface area (Å²) in [4.78, 5) is 8.41. The number of imidazole rings is 1. The van der Waals surface area contributed by atoms with Gasteiger partial charge in [0.2, 0.25) is 0 Å². The molecule has 0 aliphatic heterocycles. The lowest BCUT2D eigenvalue weighted by atomic mass is 9.80. The molecule has 1 aromatic rings. The lowest BCUT2D eigenvalue weighted by molar-refractivity contribution is 0.257. The quantitative estimate of drug-likeness (QED) is 0.855. The Labute approximate surface area is 112 Å². The summed E-state index contributed by atoms with van der Waals surface area (Å²) in [6, 6.07) is 0. The van der Waals surface area contributed by atoms with Crippen LogP contribution in [0.5, 0.6) is 0 Å². The van der Waals surface area contributed by atoms with Gasteiger partial charge in [0.15, 0.2) is 0 Å². The number of aromatic amines is 1. The summed E-state index contributed by atoms with van der Waals surface area (Å²) in [6.07, 6.45) is 6.08. The molecule has 0 fully saturated rings. The Bertz CT molecular complexity index is 398. The van der Waals surface area contributed by atoms with Crippen molar-refractivity contribution >= 4 is 0 Å². The Morgan fingerprint density at radius 1 is 1.39 bits per heavy atom. The van der Waals surface area contributed by atoms with Gasteiger partial charge >= 0.3 is 0 Å². The lowest BCUT2D eigenvalue weighted by Gasteiger charge is -2.26. The first-order chi connectivity index (χ1) is 8.40.